The van der Waals surface area contributed by atoms with Gasteiger partial charge in [-0.2, -0.15) is 0 Å². The van der Waals surface area contributed by atoms with E-state index < -0.39 is 0 Å². The summed E-state index contributed by atoms with van der Waals surface area (Å²) in [6.07, 6.45) is 8.24. The summed E-state index contributed by atoms with van der Waals surface area (Å²) >= 11 is 0. The zero-order chi connectivity index (χ0) is 17.4. The standard InChI is InChI=1S/C23H32O/c1-4-6-11-19-13-10-15-21(22(19)14-7-5-2)18(3)17-20-12-8-9-16-23(20)24/h8-10,12-13,15-16,18,24H,4-7,11,14,17H2,1-3H3. The van der Waals surface area contributed by atoms with Crippen molar-refractivity contribution in [2.24, 2.45) is 0 Å². The number of phenols is 1. The van der Waals surface area contributed by atoms with E-state index in [4.69, 9.17) is 0 Å². The van der Waals surface area contributed by atoms with E-state index >= 15 is 0 Å². The van der Waals surface area contributed by atoms with Crippen molar-refractivity contribution in [3.63, 3.8) is 0 Å². The Hall–Kier alpha value is -1.76. The van der Waals surface area contributed by atoms with Crippen LogP contribution in [0, 0.1) is 0 Å². The molecule has 2 aromatic rings. The summed E-state index contributed by atoms with van der Waals surface area (Å²) in [6, 6.07) is 14.6. The van der Waals surface area contributed by atoms with Crippen LogP contribution in [0.1, 0.15) is 74.6 Å². The van der Waals surface area contributed by atoms with E-state index in [1.54, 1.807) is 11.6 Å². The van der Waals surface area contributed by atoms with E-state index in [9.17, 15) is 5.11 Å². The number of para-hydroxylation sites is 1. The van der Waals surface area contributed by atoms with Gasteiger partial charge < -0.3 is 5.11 Å². The van der Waals surface area contributed by atoms with Gasteiger partial charge in [-0.25, -0.2) is 0 Å². The topological polar surface area (TPSA) is 20.2 Å². The van der Waals surface area contributed by atoms with E-state index in [1.165, 1.54) is 49.7 Å². The van der Waals surface area contributed by atoms with Gasteiger partial charge in [-0.15, -0.1) is 0 Å². The van der Waals surface area contributed by atoms with Gasteiger partial charge in [0, 0.05) is 0 Å². The molecule has 130 valence electrons. The molecule has 0 aliphatic heterocycles. The van der Waals surface area contributed by atoms with Crippen LogP contribution in [0.3, 0.4) is 0 Å². The van der Waals surface area contributed by atoms with Gasteiger partial charge in [0.25, 0.3) is 0 Å². The lowest BCUT2D eigenvalue weighted by Gasteiger charge is -2.20. The molecule has 0 spiro atoms. The van der Waals surface area contributed by atoms with Crippen LogP contribution in [0.5, 0.6) is 5.75 Å². The summed E-state index contributed by atoms with van der Waals surface area (Å²) in [7, 11) is 0. The minimum absolute atomic E-state index is 0.418. The smallest absolute Gasteiger partial charge is 0.118 e. The Morgan fingerprint density at radius 1 is 0.833 bits per heavy atom. The van der Waals surface area contributed by atoms with Gasteiger partial charge in [0.05, 0.1) is 0 Å². The highest BCUT2D eigenvalue weighted by molar-refractivity contribution is 5.40. The molecule has 1 atom stereocenters. The quantitative estimate of drug-likeness (QED) is 0.564. The molecule has 0 aromatic heterocycles. The normalized spacial score (nSPS) is 12.3. The summed E-state index contributed by atoms with van der Waals surface area (Å²) < 4.78 is 0. The Bertz CT molecular complexity index is 630. The second kappa shape index (κ2) is 9.52. The van der Waals surface area contributed by atoms with E-state index in [-0.39, 0.29) is 0 Å². The van der Waals surface area contributed by atoms with E-state index in [0.717, 1.165) is 12.0 Å². The van der Waals surface area contributed by atoms with Gasteiger partial charge in [-0.05, 0) is 66.3 Å². The van der Waals surface area contributed by atoms with Crippen molar-refractivity contribution in [2.75, 3.05) is 0 Å². The minimum Gasteiger partial charge on any atom is -0.508 e. The molecule has 0 aliphatic rings. The maximum absolute atomic E-state index is 10.1. The Kier molecular flexibility index (Phi) is 7.36. The van der Waals surface area contributed by atoms with Crippen LogP contribution in [0.25, 0.3) is 0 Å². The fraction of sp³-hybridized carbons (Fsp3) is 0.478. The lowest BCUT2D eigenvalue weighted by atomic mass is 9.85. The molecule has 0 aliphatic carbocycles. The average Bonchev–Trinajstić information content (AvgIpc) is 2.60. The fourth-order valence-corrected chi connectivity index (χ4v) is 3.50. The van der Waals surface area contributed by atoms with Crippen LogP contribution < -0.4 is 0 Å². The second-order valence-corrected chi connectivity index (χ2v) is 6.93. The van der Waals surface area contributed by atoms with E-state index in [2.05, 4.69) is 39.0 Å². The van der Waals surface area contributed by atoms with Crippen LogP contribution in [0.4, 0.5) is 0 Å². The van der Waals surface area contributed by atoms with Crippen LogP contribution in [-0.2, 0) is 19.3 Å². The summed E-state index contributed by atoms with van der Waals surface area (Å²) in [5.41, 5.74) is 5.62. The van der Waals surface area contributed by atoms with Gasteiger partial charge in [0.1, 0.15) is 5.75 Å². The molecular formula is C23H32O. The Morgan fingerprint density at radius 3 is 2.21 bits per heavy atom. The maximum atomic E-state index is 10.1. The number of hydrogen-bond acceptors (Lipinski definition) is 1. The number of aryl methyl sites for hydroxylation is 1. The van der Waals surface area contributed by atoms with Crippen LogP contribution in [0.2, 0.25) is 0 Å². The molecule has 0 radical (unpaired) electrons. The van der Waals surface area contributed by atoms with Crippen molar-refractivity contribution in [3.05, 3.63) is 64.7 Å². The molecular weight excluding hydrogens is 292 g/mol. The van der Waals surface area contributed by atoms with Gasteiger partial charge in [0.15, 0.2) is 0 Å². The van der Waals surface area contributed by atoms with Crippen molar-refractivity contribution in [2.45, 2.75) is 71.6 Å². The number of rotatable bonds is 9. The molecule has 1 nitrogen and oxygen atoms in total. The predicted molar refractivity (Wildman–Crippen MR) is 104 cm³/mol. The number of aromatic hydroxyl groups is 1. The highest BCUT2D eigenvalue weighted by atomic mass is 16.3. The van der Waals surface area contributed by atoms with Crippen molar-refractivity contribution >= 4 is 0 Å². The van der Waals surface area contributed by atoms with Gasteiger partial charge >= 0.3 is 0 Å². The van der Waals surface area contributed by atoms with Crippen molar-refractivity contribution in [3.8, 4) is 5.75 Å². The molecule has 0 fully saturated rings. The summed E-state index contributed by atoms with van der Waals surface area (Å²) in [5.74, 6) is 0.841. The molecule has 0 saturated carbocycles. The van der Waals surface area contributed by atoms with Gasteiger partial charge in [-0.3, -0.25) is 0 Å². The second-order valence-electron chi connectivity index (χ2n) is 6.93. The largest absolute Gasteiger partial charge is 0.508 e. The first-order chi connectivity index (χ1) is 11.7. The van der Waals surface area contributed by atoms with Crippen LogP contribution in [0.15, 0.2) is 42.5 Å². The lowest BCUT2D eigenvalue weighted by Crippen LogP contribution is -2.06. The zero-order valence-electron chi connectivity index (χ0n) is 15.5. The third-order valence-corrected chi connectivity index (χ3v) is 4.94. The third-order valence-electron chi connectivity index (χ3n) is 4.94. The minimum atomic E-state index is 0.418. The molecule has 1 heteroatoms. The SMILES string of the molecule is CCCCc1cccc(C(C)Cc2ccccc2O)c1CCCC. The summed E-state index contributed by atoms with van der Waals surface area (Å²) in [6.45, 7) is 6.82. The maximum Gasteiger partial charge on any atom is 0.118 e. The molecule has 0 saturated heterocycles. The van der Waals surface area contributed by atoms with E-state index in [1.807, 2.05) is 18.2 Å². The van der Waals surface area contributed by atoms with Gasteiger partial charge in [-0.1, -0.05) is 70.0 Å². The monoisotopic (exact) mass is 324 g/mol. The number of unbranched alkanes of at least 4 members (excludes halogenated alkanes) is 2. The first-order valence-corrected chi connectivity index (χ1v) is 9.54. The first-order valence-electron chi connectivity index (χ1n) is 9.54. The number of benzene rings is 2. The predicted octanol–water partition coefficient (Wildman–Crippen LogP) is 6.42. The molecule has 2 aromatic carbocycles. The first kappa shape index (κ1) is 18.6. The number of phenolic OH excluding ortho intramolecular Hbond substituents is 1. The van der Waals surface area contributed by atoms with Crippen molar-refractivity contribution < 1.29 is 5.11 Å². The fourth-order valence-electron chi connectivity index (χ4n) is 3.50. The number of hydrogen-bond donors (Lipinski definition) is 1. The van der Waals surface area contributed by atoms with Crippen LogP contribution >= 0.6 is 0 Å². The molecule has 1 N–H and O–H groups in total. The molecule has 24 heavy (non-hydrogen) atoms. The molecule has 1 unspecified atom stereocenters. The zero-order valence-corrected chi connectivity index (χ0v) is 15.5. The molecule has 0 bridgehead atoms. The average molecular weight is 325 g/mol. The Labute approximate surface area is 147 Å². The third kappa shape index (κ3) is 4.87. The lowest BCUT2D eigenvalue weighted by molar-refractivity contribution is 0.465. The Morgan fingerprint density at radius 2 is 1.50 bits per heavy atom. The molecule has 2 rings (SSSR count). The van der Waals surface area contributed by atoms with Gasteiger partial charge in [0.2, 0.25) is 0 Å². The van der Waals surface area contributed by atoms with Crippen LogP contribution in [-0.4, -0.2) is 5.11 Å². The summed E-state index contributed by atoms with van der Waals surface area (Å²) in [5, 5.41) is 10.1. The molecule has 0 heterocycles. The molecule has 0 amide bonds. The highest BCUT2D eigenvalue weighted by Gasteiger charge is 2.15. The van der Waals surface area contributed by atoms with Crippen molar-refractivity contribution in [1.82, 2.24) is 0 Å². The summed E-state index contributed by atoms with van der Waals surface area (Å²) in [4.78, 5) is 0. The van der Waals surface area contributed by atoms with E-state index in [0.29, 0.717) is 11.7 Å². The van der Waals surface area contributed by atoms with Crippen molar-refractivity contribution in [1.29, 1.82) is 0 Å². The highest BCUT2D eigenvalue weighted by Crippen LogP contribution is 2.30. The Balaban J connectivity index is 2.27.